The standard InChI is InChI=1S/C11H21NO2S/c1-9(13)7-12-10-2-4-14-11(6-10)3-5-15-8-11/h9-10,12-13H,2-8H2,1H3. The number of aliphatic hydroxyl groups excluding tert-OH is 1. The van der Waals surface area contributed by atoms with Gasteiger partial charge in [0.2, 0.25) is 0 Å². The summed E-state index contributed by atoms with van der Waals surface area (Å²) in [4.78, 5) is 0. The summed E-state index contributed by atoms with van der Waals surface area (Å²) in [6, 6.07) is 0.534. The molecule has 2 aliphatic heterocycles. The van der Waals surface area contributed by atoms with E-state index in [2.05, 4.69) is 5.32 Å². The van der Waals surface area contributed by atoms with Crippen LogP contribution < -0.4 is 5.32 Å². The highest BCUT2D eigenvalue weighted by Crippen LogP contribution is 2.38. The molecule has 0 aromatic carbocycles. The number of rotatable bonds is 3. The van der Waals surface area contributed by atoms with E-state index in [4.69, 9.17) is 4.74 Å². The van der Waals surface area contributed by atoms with Crippen LogP contribution in [0.5, 0.6) is 0 Å². The number of thioether (sulfide) groups is 1. The van der Waals surface area contributed by atoms with Crippen LogP contribution in [0.25, 0.3) is 0 Å². The van der Waals surface area contributed by atoms with E-state index in [9.17, 15) is 5.11 Å². The second-order valence-electron chi connectivity index (χ2n) is 4.78. The maximum atomic E-state index is 9.24. The lowest BCUT2D eigenvalue weighted by molar-refractivity contribution is -0.0708. The maximum absolute atomic E-state index is 9.24. The van der Waals surface area contributed by atoms with Crippen molar-refractivity contribution in [1.82, 2.24) is 5.32 Å². The Hall–Kier alpha value is 0.230. The molecule has 4 heteroatoms. The fourth-order valence-electron chi connectivity index (χ4n) is 2.40. The molecule has 0 aromatic heterocycles. The molecule has 2 fully saturated rings. The minimum Gasteiger partial charge on any atom is -0.392 e. The molecule has 0 radical (unpaired) electrons. The van der Waals surface area contributed by atoms with Gasteiger partial charge in [0.05, 0.1) is 11.7 Å². The summed E-state index contributed by atoms with van der Waals surface area (Å²) in [5.41, 5.74) is 0.152. The van der Waals surface area contributed by atoms with Gasteiger partial charge in [0.1, 0.15) is 0 Å². The summed E-state index contributed by atoms with van der Waals surface area (Å²) >= 11 is 2.00. The monoisotopic (exact) mass is 231 g/mol. The highest BCUT2D eigenvalue weighted by atomic mass is 32.2. The van der Waals surface area contributed by atoms with E-state index in [1.165, 1.54) is 12.2 Å². The first kappa shape index (κ1) is 11.7. The zero-order chi connectivity index (χ0) is 10.7. The fourth-order valence-corrected chi connectivity index (χ4v) is 3.78. The van der Waals surface area contributed by atoms with Gasteiger partial charge in [-0.25, -0.2) is 0 Å². The summed E-state index contributed by atoms with van der Waals surface area (Å²) in [7, 11) is 0. The van der Waals surface area contributed by atoms with Crippen LogP contribution in [0.2, 0.25) is 0 Å². The highest BCUT2D eigenvalue weighted by molar-refractivity contribution is 7.99. The van der Waals surface area contributed by atoms with E-state index >= 15 is 0 Å². The number of aliphatic hydroxyl groups is 1. The summed E-state index contributed by atoms with van der Waals surface area (Å²) in [6.07, 6.45) is 3.15. The molecule has 2 N–H and O–H groups in total. The van der Waals surface area contributed by atoms with Crippen molar-refractivity contribution in [3.8, 4) is 0 Å². The Labute approximate surface area is 96.0 Å². The highest BCUT2D eigenvalue weighted by Gasteiger charge is 2.40. The lowest BCUT2D eigenvalue weighted by Crippen LogP contribution is -2.48. The van der Waals surface area contributed by atoms with E-state index < -0.39 is 0 Å². The van der Waals surface area contributed by atoms with Gasteiger partial charge < -0.3 is 15.2 Å². The van der Waals surface area contributed by atoms with Crippen LogP contribution in [-0.2, 0) is 4.74 Å². The zero-order valence-electron chi connectivity index (χ0n) is 9.37. The molecule has 2 rings (SSSR count). The van der Waals surface area contributed by atoms with E-state index in [1.807, 2.05) is 18.7 Å². The first-order chi connectivity index (χ1) is 7.20. The predicted octanol–water partition coefficient (Wildman–Crippen LogP) is 1.01. The lowest BCUT2D eigenvalue weighted by atomic mass is 9.90. The Morgan fingerprint density at radius 1 is 1.67 bits per heavy atom. The van der Waals surface area contributed by atoms with Gasteiger partial charge in [-0.1, -0.05) is 0 Å². The van der Waals surface area contributed by atoms with Crippen molar-refractivity contribution in [1.29, 1.82) is 0 Å². The molecule has 3 unspecified atom stereocenters. The summed E-state index contributed by atoms with van der Waals surface area (Å²) in [6.45, 7) is 3.40. The van der Waals surface area contributed by atoms with Crippen LogP contribution in [-0.4, -0.2) is 47.5 Å². The average molecular weight is 231 g/mol. The molecule has 0 aliphatic carbocycles. The second kappa shape index (κ2) is 5.04. The molecule has 0 saturated carbocycles. The van der Waals surface area contributed by atoms with Gasteiger partial charge >= 0.3 is 0 Å². The lowest BCUT2D eigenvalue weighted by Gasteiger charge is -2.38. The van der Waals surface area contributed by atoms with Crippen LogP contribution in [0.4, 0.5) is 0 Å². The smallest absolute Gasteiger partial charge is 0.0795 e. The van der Waals surface area contributed by atoms with Gasteiger partial charge in [-0.2, -0.15) is 11.8 Å². The number of nitrogens with one attached hydrogen (secondary N) is 1. The van der Waals surface area contributed by atoms with Crippen molar-refractivity contribution in [3.05, 3.63) is 0 Å². The van der Waals surface area contributed by atoms with Gasteiger partial charge in [-0.15, -0.1) is 0 Å². The van der Waals surface area contributed by atoms with Gasteiger partial charge in [0, 0.05) is 24.9 Å². The third kappa shape index (κ3) is 3.09. The normalized spacial score (nSPS) is 38.4. The molecule has 88 valence electrons. The molecule has 0 bridgehead atoms. The van der Waals surface area contributed by atoms with Crippen LogP contribution >= 0.6 is 11.8 Å². The van der Waals surface area contributed by atoms with Crippen molar-refractivity contribution >= 4 is 11.8 Å². The van der Waals surface area contributed by atoms with E-state index in [-0.39, 0.29) is 11.7 Å². The quantitative estimate of drug-likeness (QED) is 0.761. The minimum atomic E-state index is -0.248. The topological polar surface area (TPSA) is 41.5 Å². The summed E-state index contributed by atoms with van der Waals surface area (Å²) in [5.74, 6) is 2.39. The van der Waals surface area contributed by atoms with Crippen molar-refractivity contribution in [2.75, 3.05) is 24.7 Å². The molecule has 15 heavy (non-hydrogen) atoms. The van der Waals surface area contributed by atoms with Crippen LogP contribution in [0.15, 0.2) is 0 Å². The summed E-state index contributed by atoms with van der Waals surface area (Å²) < 4.78 is 5.94. The largest absolute Gasteiger partial charge is 0.392 e. The summed E-state index contributed by atoms with van der Waals surface area (Å²) in [5, 5.41) is 12.7. The molecule has 3 nitrogen and oxygen atoms in total. The minimum absolute atomic E-state index is 0.152. The van der Waals surface area contributed by atoms with Crippen LogP contribution in [0.3, 0.4) is 0 Å². The third-order valence-corrected chi connectivity index (χ3v) is 4.49. The maximum Gasteiger partial charge on any atom is 0.0795 e. The van der Waals surface area contributed by atoms with Crippen LogP contribution in [0.1, 0.15) is 26.2 Å². The van der Waals surface area contributed by atoms with Gasteiger partial charge in [-0.05, 0) is 31.9 Å². The van der Waals surface area contributed by atoms with Crippen molar-refractivity contribution in [2.24, 2.45) is 0 Å². The fraction of sp³-hybridized carbons (Fsp3) is 1.00. The number of hydrogen-bond donors (Lipinski definition) is 2. The first-order valence-corrected chi connectivity index (χ1v) is 6.99. The molecule has 1 spiro atoms. The van der Waals surface area contributed by atoms with E-state index in [0.29, 0.717) is 12.6 Å². The Morgan fingerprint density at radius 2 is 2.53 bits per heavy atom. The Morgan fingerprint density at radius 3 is 3.20 bits per heavy atom. The van der Waals surface area contributed by atoms with Gasteiger partial charge in [-0.3, -0.25) is 0 Å². The first-order valence-electron chi connectivity index (χ1n) is 5.83. The van der Waals surface area contributed by atoms with E-state index in [0.717, 1.165) is 25.2 Å². The zero-order valence-corrected chi connectivity index (χ0v) is 10.2. The Bertz CT molecular complexity index is 205. The van der Waals surface area contributed by atoms with Crippen LogP contribution in [0, 0.1) is 0 Å². The number of hydrogen-bond acceptors (Lipinski definition) is 4. The second-order valence-corrected chi connectivity index (χ2v) is 5.89. The van der Waals surface area contributed by atoms with Gasteiger partial charge in [0.15, 0.2) is 0 Å². The molecule has 0 amide bonds. The molecule has 2 aliphatic rings. The number of ether oxygens (including phenoxy) is 1. The Balaban J connectivity index is 1.81. The average Bonchev–Trinajstić information content (AvgIpc) is 2.63. The molecule has 3 atom stereocenters. The molecular weight excluding hydrogens is 210 g/mol. The molecule has 2 heterocycles. The van der Waals surface area contributed by atoms with Gasteiger partial charge in [0.25, 0.3) is 0 Å². The van der Waals surface area contributed by atoms with Crippen molar-refractivity contribution < 1.29 is 9.84 Å². The molecule has 2 saturated heterocycles. The van der Waals surface area contributed by atoms with E-state index in [1.54, 1.807) is 0 Å². The Kier molecular flexibility index (Phi) is 3.93. The third-order valence-electron chi connectivity index (χ3n) is 3.26. The SMILES string of the molecule is CC(O)CNC1CCOC2(CCSC2)C1. The molecule has 0 aromatic rings. The van der Waals surface area contributed by atoms with Crippen molar-refractivity contribution in [2.45, 2.75) is 43.9 Å². The van der Waals surface area contributed by atoms with Crippen molar-refractivity contribution in [3.63, 3.8) is 0 Å². The predicted molar refractivity (Wildman–Crippen MR) is 63.3 cm³/mol. The molecular formula is C11H21NO2S.